The lowest BCUT2D eigenvalue weighted by molar-refractivity contribution is 0.0696. The van der Waals surface area contributed by atoms with Gasteiger partial charge in [0.1, 0.15) is 0 Å². The SMILES string of the molecule is CC(C)(C)c1ccc(N(Cc2ccc(C(=O)N=C(N)N=N)cc2)C(=O)Nc2cccc(C(=O)O)c2)cc1. The summed E-state index contributed by atoms with van der Waals surface area (Å²) in [5, 5.41) is 14.9. The molecule has 10 heteroatoms. The van der Waals surface area contributed by atoms with Crippen molar-refractivity contribution in [3.05, 3.63) is 95.1 Å². The Kier molecular flexibility index (Phi) is 8.13. The van der Waals surface area contributed by atoms with E-state index in [0.717, 1.165) is 11.1 Å². The average Bonchev–Trinajstić information content (AvgIpc) is 2.87. The van der Waals surface area contributed by atoms with Crippen LogP contribution in [0.4, 0.5) is 16.2 Å². The maximum absolute atomic E-state index is 13.4. The summed E-state index contributed by atoms with van der Waals surface area (Å²) in [7, 11) is 0. The van der Waals surface area contributed by atoms with Gasteiger partial charge in [0, 0.05) is 16.9 Å². The molecule has 0 radical (unpaired) electrons. The number of carboxylic acids is 1. The van der Waals surface area contributed by atoms with Crippen molar-refractivity contribution < 1.29 is 19.5 Å². The van der Waals surface area contributed by atoms with Crippen molar-refractivity contribution in [2.75, 3.05) is 10.2 Å². The Bertz CT molecular complexity index is 1340. The van der Waals surface area contributed by atoms with E-state index in [1.165, 1.54) is 17.0 Å². The molecule has 0 heterocycles. The Hall–Kier alpha value is -4.86. The van der Waals surface area contributed by atoms with Crippen molar-refractivity contribution in [3.8, 4) is 0 Å². The third kappa shape index (κ3) is 7.07. The van der Waals surface area contributed by atoms with Crippen LogP contribution >= 0.6 is 0 Å². The topological polar surface area (TPSA) is 161 Å². The molecule has 0 aliphatic rings. The number of carbonyl (C=O) groups excluding carboxylic acids is 2. The number of urea groups is 1. The van der Waals surface area contributed by atoms with E-state index in [1.54, 1.807) is 36.4 Å². The average molecular weight is 501 g/mol. The molecule has 0 aliphatic heterocycles. The van der Waals surface area contributed by atoms with E-state index < -0.39 is 23.9 Å². The minimum atomic E-state index is -1.09. The van der Waals surface area contributed by atoms with Crippen LogP contribution in [0.15, 0.2) is 82.9 Å². The van der Waals surface area contributed by atoms with Crippen LogP contribution in [0.2, 0.25) is 0 Å². The molecule has 0 fully saturated rings. The van der Waals surface area contributed by atoms with Crippen molar-refractivity contribution >= 4 is 35.2 Å². The molecule has 0 bridgehead atoms. The van der Waals surface area contributed by atoms with Gasteiger partial charge in [0.25, 0.3) is 5.91 Å². The van der Waals surface area contributed by atoms with Gasteiger partial charge in [-0.2, -0.15) is 4.99 Å². The first-order chi connectivity index (χ1) is 17.5. The molecule has 37 heavy (non-hydrogen) atoms. The van der Waals surface area contributed by atoms with Crippen LogP contribution in [0.1, 0.15) is 52.6 Å². The monoisotopic (exact) mass is 500 g/mol. The summed E-state index contributed by atoms with van der Waals surface area (Å²) >= 11 is 0. The van der Waals surface area contributed by atoms with Crippen molar-refractivity contribution in [1.82, 2.24) is 0 Å². The fourth-order valence-electron chi connectivity index (χ4n) is 3.47. The van der Waals surface area contributed by atoms with E-state index in [1.807, 2.05) is 24.3 Å². The second kappa shape index (κ2) is 11.3. The van der Waals surface area contributed by atoms with Gasteiger partial charge in [0.2, 0.25) is 5.96 Å². The molecule has 0 atom stereocenters. The minimum Gasteiger partial charge on any atom is -0.478 e. The largest absolute Gasteiger partial charge is 0.478 e. The number of carbonyl (C=O) groups is 3. The van der Waals surface area contributed by atoms with E-state index >= 15 is 0 Å². The van der Waals surface area contributed by atoms with Gasteiger partial charge in [-0.05, 0) is 59.0 Å². The van der Waals surface area contributed by atoms with Gasteiger partial charge in [-0.25, -0.2) is 15.1 Å². The molecular formula is C27H28N6O4. The number of aromatic carboxylic acids is 1. The first kappa shape index (κ1) is 26.7. The van der Waals surface area contributed by atoms with Gasteiger partial charge in [0.05, 0.1) is 12.1 Å². The molecular weight excluding hydrogens is 472 g/mol. The zero-order valence-corrected chi connectivity index (χ0v) is 20.7. The third-order valence-electron chi connectivity index (χ3n) is 5.52. The van der Waals surface area contributed by atoms with Gasteiger partial charge in [-0.3, -0.25) is 9.69 Å². The van der Waals surface area contributed by atoms with E-state index in [9.17, 15) is 19.5 Å². The predicted molar refractivity (Wildman–Crippen MR) is 141 cm³/mol. The highest BCUT2D eigenvalue weighted by Gasteiger charge is 2.20. The standard InChI is InChI=1S/C27H28N6O4/c1-27(2,3)20-11-13-22(14-12-20)33(26(37)30-21-6-4-5-19(15-21)24(35)36)16-17-7-9-18(10-8-17)23(34)31-25(28)32-29/h4-15,29H,16H2,1-3H3,(H,30,37)(H,35,36)(H2,28,31,34). The van der Waals surface area contributed by atoms with Crippen LogP contribution in [0.25, 0.3) is 0 Å². The number of amides is 3. The molecule has 0 spiro atoms. The lowest BCUT2D eigenvalue weighted by Gasteiger charge is -2.25. The lowest BCUT2D eigenvalue weighted by atomic mass is 9.87. The molecule has 3 rings (SSSR count). The first-order valence-corrected chi connectivity index (χ1v) is 11.4. The van der Waals surface area contributed by atoms with Gasteiger partial charge < -0.3 is 16.2 Å². The molecule has 3 aromatic carbocycles. The summed E-state index contributed by atoms with van der Waals surface area (Å²) in [5.41, 5.74) is 15.2. The summed E-state index contributed by atoms with van der Waals surface area (Å²) in [6.45, 7) is 6.46. The first-order valence-electron chi connectivity index (χ1n) is 11.4. The number of rotatable bonds is 6. The number of aliphatic imine (C=N–C) groups is 1. The molecule has 10 nitrogen and oxygen atoms in total. The molecule has 190 valence electrons. The normalized spacial score (nSPS) is 11.5. The Balaban J connectivity index is 1.90. The molecule has 0 aromatic heterocycles. The number of nitrogens with two attached hydrogens (primary N) is 1. The third-order valence-corrected chi connectivity index (χ3v) is 5.52. The molecule has 0 aliphatic carbocycles. The van der Waals surface area contributed by atoms with Crippen LogP contribution in [0.5, 0.6) is 0 Å². The highest BCUT2D eigenvalue weighted by atomic mass is 16.4. The number of nitrogens with zero attached hydrogens (tertiary/aromatic N) is 3. The molecule has 3 amide bonds. The van der Waals surface area contributed by atoms with Crippen LogP contribution in [0.3, 0.4) is 0 Å². The predicted octanol–water partition coefficient (Wildman–Crippen LogP) is 5.41. The smallest absolute Gasteiger partial charge is 0.335 e. The summed E-state index contributed by atoms with van der Waals surface area (Å²) in [4.78, 5) is 41.9. The van der Waals surface area contributed by atoms with E-state index in [0.29, 0.717) is 11.4 Å². The number of carboxylic acid groups (broad SMARTS) is 1. The zero-order chi connectivity index (χ0) is 27.2. The maximum Gasteiger partial charge on any atom is 0.335 e. The second-order valence-electron chi connectivity index (χ2n) is 9.28. The molecule has 0 saturated heterocycles. The number of hydrogen-bond donors (Lipinski definition) is 4. The maximum atomic E-state index is 13.4. The number of benzene rings is 3. The lowest BCUT2D eigenvalue weighted by Crippen LogP contribution is -2.34. The highest BCUT2D eigenvalue weighted by molar-refractivity contribution is 6.03. The van der Waals surface area contributed by atoms with Crippen LogP contribution in [-0.4, -0.2) is 29.0 Å². The summed E-state index contributed by atoms with van der Waals surface area (Å²) < 4.78 is 0. The van der Waals surface area contributed by atoms with Gasteiger partial charge in [-0.15, -0.1) is 5.11 Å². The van der Waals surface area contributed by atoms with Crippen molar-refractivity contribution in [2.24, 2.45) is 15.8 Å². The van der Waals surface area contributed by atoms with Crippen LogP contribution in [0, 0.1) is 5.53 Å². The molecule has 5 N–H and O–H groups in total. The zero-order valence-electron chi connectivity index (χ0n) is 20.7. The molecule has 0 unspecified atom stereocenters. The van der Waals surface area contributed by atoms with Gasteiger partial charge in [-0.1, -0.05) is 51.1 Å². The Morgan fingerprint density at radius 1 is 0.973 bits per heavy atom. The van der Waals surface area contributed by atoms with Crippen LogP contribution in [-0.2, 0) is 12.0 Å². The Morgan fingerprint density at radius 3 is 2.19 bits per heavy atom. The van der Waals surface area contributed by atoms with Gasteiger partial charge >= 0.3 is 12.0 Å². The summed E-state index contributed by atoms with van der Waals surface area (Å²) in [6.07, 6.45) is 0. The minimum absolute atomic E-state index is 0.0562. The van der Waals surface area contributed by atoms with E-state index in [-0.39, 0.29) is 23.1 Å². The number of guanidine groups is 1. The van der Waals surface area contributed by atoms with Crippen LogP contribution < -0.4 is 16.0 Å². The van der Waals surface area contributed by atoms with Crippen molar-refractivity contribution in [3.63, 3.8) is 0 Å². The highest BCUT2D eigenvalue weighted by Crippen LogP contribution is 2.26. The summed E-state index contributed by atoms with van der Waals surface area (Å²) in [6, 6.07) is 19.6. The fourth-order valence-corrected chi connectivity index (χ4v) is 3.47. The Labute approximate surface area is 214 Å². The van der Waals surface area contributed by atoms with E-state index in [2.05, 4.69) is 36.2 Å². The quantitative estimate of drug-likeness (QED) is 0.202. The number of nitrogens with one attached hydrogen (secondary N) is 2. The fraction of sp³-hybridized carbons (Fsp3) is 0.185. The molecule has 3 aromatic rings. The van der Waals surface area contributed by atoms with Crippen molar-refractivity contribution in [1.29, 1.82) is 5.53 Å². The number of hydrogen-bond acceptors (Lipinski definition) is 4. The van der Waals surface area contributed by atoms with Gasteiger partial charge in [0.15, 0.2) is 0 Å². The van der Waals surface area contributed by atoms with E-state index in [4.69, 9.17) is 11.3 Å². The second-order valence-corrected chi connectivity index (χ2v) is 9.28. The summed E-state index contributed by atoms with van der Waals surface area (Å²) in [5.74, 6) is -2.17. The van der Waals surface area contributed by atoms with Crippen molar-refractivity contribution in [2.45, 2.75) is 32.7 Å². The molecule has 0 saturated carbocycles. The Morgan fingerprint density at radius 2 is 1.62 bits per heavy atom. The number of anilines is 2.